The largest absolute Gasteiger partial charge is 0.354 e. The molecule has 5 N–H and O–H groups in total. The molecule has 0 aliphatic rings. The van der Waals surface area contributed by atoms with Crippen molar-refractivity contribution in [3.05, 3.63) is 144 Å². The van der Waals surface area contributed by atoms with E-state index < -0.39 is 53.1 Å². The van der Waals surface area contributed by atoms with Gasteiger partial charge >= 0.3 is 0 Å². The van der Waals surface area contributed by atoms with Gasteiger partial charge in [-0.05, 0) is 49.4 Å². The number of amides is 5. The summed E-state index contributed by atoms with van der Waals surface area (Å²) in [6, 6.07) is 33.2. The SMILES string of the molecule is CC(NC(=O)[C@H](Cc1ccccc1)NC(=O)Cc1ccccc1)C(=O)C(=O)N[C@@H](Cc1ccccc1)C(=O)NC(C)(C)C(=O)NCCc1ccccc1. The van der Waals surface area contributed by atoms with Crippen molar-refractivity contribution < 1.29 is 28.8 Å². The Balaban J connectivity index is 1.40. The maximum atomic E-state index is 13.6. The van der Waals surface area contributed by atoms with Crippen LogP contribution in [0.4, 0.5) is 0 Å². The number of carbonyl (C=O) groups is 6. The molecule has 11 heteroatoms. The zero-order valence-electron chi connectivity index (χ0n) is 30.3. The number of benzene rings is 4. The highest BCUT2D eigenvalue weighted by Crippen LogP contribution is 2.10. The van der Waals surface area contributed by atoms with Gasteiger partial charge in [-0.2, -0.15) is 0 Å². The van der Waals surface area contributed by atoms with Crippen molar-refractivity contribution in [2.45, 2.75) is 70.1 Å². The van der Waals surface area contributed by atoms with E-state index in [4.69, 9.17) is 0 Å². The third kappa shape index (κ3) is 12.9. The fourth-order valence-corrected chi connectivity index (χ4v) is 5.59. The maximum Gasteiger partial charge on any atom is 0.290 e. The van der Waals surface area contributed by atoms with Gasteiger partial charge in [0.1, 0.15) is 17.6 Å². The molecule has 53 heavy (non-hydrogen) atoms. The lowest BCUT2D eigenvalue weighted by atomic mass is 10.00. The Bertz CT molecular complexity index is 1840. The molecular formula is C42H47N5O6. The van der Waals surface area contributed by atoms with Crippen molar-refractivity contribution in [1.29, 1.82) is 0 Å². The number of nitrogens with one attached hydrogen (secondary N) is 5. The predicted octanol–water partition coefficient (Wildman–Crippen LogP) is 3.01. The first-order chi connectivity index (χ1) is 25.4. The molecule has 0 heterocycles. The summed E-state index contributed by atoms with van der Waals surface area (Å²) in [4.78, 5) is 79.9. The molecule has 0 radical (unpaired) electrons. The summed E-state index contributed by atoms with van der Waals surface area (Å²) in [6.07, 6.45) is 0.834. The van der Waals surface area contributed by atoms with Crippen molar-refractivity contribution in [2.75, 3.05) is 6.54 Å². The third-order valence-corrected chi connectivity index (χ3v) is 8.57. The molecule has 0 fully saturated rings. The average molecular weight is 718 g/mol. The predicted molar refractivity (Wildman–Crippen MR) is 202 cm³/mol. The van der Waals surface area contributed by atoms with E-state index in [0.29, 0.717) is 18.5 Å². The molecule has 11 nitrogen and oxygen atoms in total. The summed E-state index contributed by atoms with van der Waals surface area (Å²) >= 11 is 0. The van der Waals surface area contributed by atoms with E-state index in [2.05, 4.69) is 26.6 Å². The van der Waals surface area contributed by atoms with Crippen molar-refractivity contribution >= 4 is 35.3 Å². The Morgan fingerprint density at radius 3 is 1.53 bits per heavy atom. The van der Waals surface area contributed by atoms with Gasteiger partial charge in [0.15, 0.2) is 0 Å². The van der Waals surface area contributed by atoms with Gasteiger partial charge in [0.2, 0.25) is 29.4 Å². The quantitative estimate of drug-likeness (QED) is 0.0995. The first kappa shape index (κ1) is 39.7. The van der Waals surface area contributed by atoms with Gasteiger partial charge in [0, 0.05) is 19.4 Å². The van der Waals surface area contributed by atoms with Crippen LogP contribution in [-0.4, -0.2) is 65.5 Å². The number of ketones is 1. The van der Waals surface area contributed by atoms with Crippen molar-refractivity contribution in [3.8, 4) is 0 Å². The fraction of sp³-hybridized carbons (Fsp3) is 0.286. The summed E-state index contributed by atoms with van der Waals surface area (Å²) in [5.41, 5.74) is 1.96. The molecule has 0 saturated heterocycles. The van der Waals surface area contributed by atoms with Crippen LogP contribution in [0.3, 0.4) is 0 Å². The van der Waals surface area contributed by atoms with E-state index in [9.17, 15) is 28.8 Å². The Labute approximate surface area is 310 Å². The van der Waals surface area contributed by atoms with Crippen LogP contribution in [0, 0.1) is 0 Å². The highest BCUT2D eigenvalue weighted by Gasteiger charge is 2.35. The van der Waals surface area contributed by atoms with Crippen LogP contribution in [0.5, 0.6) is 0 Å². The molecule has 4 aromatic carbocycles. The van der Waals surface area contributed by atoms with Gasteiger partial charge < -0.3 is 26.6 Å². The van der Waals surface area contributed by atoms with Gasteiger partial charge in [-0.25, -0.2) is 0 Å². The lowest BCUT2D eigenvalue weighted by molar-refractivity contribution is -0.142. The number of carbonyl (C=O) groups excluding carboxylic acids is 6. The lowest BCUT2D eigenvalue weighted by Crippen LogP contribution is -2.61. The molecule has 0 bridgehead atoms. The Morgan fingerprint density at radius 2 is 1.02 bits per heavy atom. The number of hydrogen-bond acceptors (Lipinski definition) is 6. The van der Waals surface area contributed by atoms with Gasteiger partial charge in [-0.1, -0.05) is 121 Å². The molecule has 5 amide bonds. The summed E-state index contributed by atoms with van der Waals surface area (Å²) in [5.74, 6) is -4.20. The van der Waals surface area contributed by atoms with E-state index in [1.807, 2.05) is 84.9 Å². The first-order valence-corrected chi connectivity index (χ1v) is 17.6. The molecule has 0 aliphatic heterocycles. The molecule has 4 rings (SSSR count). The minimum Gasteiger partial charge on any atom is -0.354 e. The number of rotatable bonds is 18. The Hall–Kier alpha value is -6.10. The summed E-state index contributed by atoms with van der Waals surface area (Å²) in [7, 11) is 0. The van der Waals surface area contributed by atoms with E-state index in [-0.39, 0.29) is 25.2 Å². The molecule has 0 aliphatic carbocycles. The number of hydrogen-bond donors (Lipinski definition) is 5. The molecule has 4 aromatic rings. The maximum absolute atomic E-state index is 13.6. The van der Waals surface area contributed by atoms with Crippen LogP contribution in [-0.2, 0) is 54.5 Å². The minimum absolute atomic E-state index is 0.0325. The Kier molecular flexibility index (Phi) is 14.6. The normalized spacial score (nSPS) is 12.7. The van der Waals surface area contributed by atoms with E-state index in [1.165, 1.54) is 6.92 Å². The van der Waals surface area contributed by atoms with Gasteiger partial charge in [-0.3, -0.25) is 28.8 Å². The molecule has 276 valence electrons. The number of Topliss-reactive ketones (excluding diaryl/α,β-unsaturated/α-hetero) is 1. The summed E-state index contributed by atoms with van der Waals surface area (Å²) < 4.78 is 0. The van der Waals surface area contributed by atoms with Gasteiger partial charge in [0.05, 0.1) is 12.5 Å². The van der Waals surface area contributed by atoms with Crippen molar-refractivity contribution in [2.24, 2.45) is 0 Å². The second kappa shape index (κ2) is 19.5. The zero-order chi connectivity index (χ0) is 38.2. The average Bonchev–Trinajstić information content (AvgIpc) is 3.15. The molecule has 0 aromatic heterocycles. The molecule has 0 saturated carbocycles. The highest BCUT2D eigenvalue weighted by molar-refractivity contribution is 6.38. The minimum atomic E-state index is -1.35. The first-order valence-electron chi connectivity index (χ1n) is 17.6. The van der Waals surface area contributed by atoms with E-state index >= 15 is 0 Å². The highest BCUT2D eigenvalue weighted by atomic mass is 16.2. The molecule has 1 unspecified atom stereocenters. The summed E-state index contributed by atoms with van der Waals surface area (Å²) in [6.45, 7) is 4.82. The summed E-state index contributed by atoms with van der Waals surface area (Å²) in [5, 5.41) is 13.4. The zero-order valence-corrected chi connectivity index (χ0v) is 30.3. The molecular weight excluding hydrogens is 670 g/mol. The van der Waals surface area contributed by atoms with Crippen LogP contribution < -0.4 is 26.6 Å². The molecule has 0 spiro atoms. The van der Waals surface area contributed by atoms with Crippen molar-refractivity contribution in [1.82, 2.24) is 26.6 Å². The van der Waals surface area contributed by atoms with Gasteiger partial charge in [-0.15, -0.1) is 0 Å². The lowest BCUT2D eigenvalue weighted by Gasteiger charge is -2.28. The van der Waals surface area contributed by atoms with Crippen LogP contribution in [0.1, 0.15) is 43.0 Å². The second-order valence-corrected chi connectivity index (χ2v) is 13.4. The topological polar surface area (TPSA) is 163 Å². The molecule has 3 atom stereocenters. The fourth-order valence-electron chi connectivity index (χ4n) is 5.59. The van der Waals surface area contributed by atoms with E-state index in [1.54, 1.807) is 50.2 Å². The third-order valence-electron chi connectivity index (χ3n) is 8.57. The van der Waals surface area contributed by atoms with Crippen LogP contribution >= 0.6 is 0 Å². The standard InChI is InChI=1S/C42H47N5O6/c1-29(44-38(50)34(26-31-18-10-5-11-19-31)45-36(48)28-33-22-14-7-15-23-33)37(49)40(52)46-35(27-32-20-12-6-13-21-32)39(51)47-42(2,3)41(53)43-25-24-30-16-8-4-9-17-30/h4-23,29,34-35H,24-28H2,1-3H3,(H,43,53)(H,44,50)(H,45,48)(H,46,52)(H,47,51)/t29?,34-,35-/m0/s1. The van der Waals surface area contributed by atoms with E-state index in [0.717, 1.165) is 16.7 Å². The van der Waals surface area contributed by atoms with Crippen LogP contribution in [0.15, 0.2) is 121 Å². The second-order valence-electron chi connectivity index (χ2n) is 13.4. The Morgan fingerprint density at radius 1 is 0.566 bits per heavy atom. The van der Waals surface area contributed by atoms with Crippen molar-refractivity contribution in [3.63, 3.8) is 0 Å². The monoisotopic (exact) mass is 717 g/mol. The van der Waals surface area contributed by atoms with Gasteiger partial charge in [0.25, 0.3) is 5.91 Å². The smallest absolute Gasteiger partial charge is 0.290 e. The van der Waals surface area contributed by atoms with Crippen LogP contribution in [0.2, 0.25) is 0 Å². The van der Waals surface area contributed by atoms with Crippen LogP contribution in [0.25, 0.3) is 0 Å².